The van der Waals surface area contributed by atoms with Crippen LogP contribution in [0.1, 0.15) is 15.9 Å². The van der Waals surface area contributed by atoms with Crippen LogP contribution in [0.25, 0.3) is 0 Å². The summed E-state index contributed by atoms with van der Waals surface area (Å²) >= 11 is 2.17. The Morgan fingerprint density at radius 3 is 2.53 bits per heavy atom. The molecule has 17 heavy (non-hydrogen) atoms. The molecular formula is C14H11IO2. The summed E-state index contributed by atoms with van der Waals surface area (Å²) in [6.07, 6.45) is 0.836. The molecule has 2 nitrogen and oxygen atoms in total. The Kier molecular flexibility index (Phi) is 4.14. The largest absolute Gasteiger partial charge is 0.488 e. The van der Waals surface area contributed by atoms with E-state index in [0.717, 1.165) is 21.2 Å². The normalized spacial score (nSPS) is 9.94. The smallest absolute Gasteiger partial charge is 0.150 e. The van der Waals surface area contributed by atoms with Crippen LogP contribution in [0.15, 0.2) is 48.5 Å². The lowest BCUT2D eigenvalue weighted by atomic mass is 10.2. The number of aldehydes is 1. The van der Waals surface area contributed by atoms with Crippen LogP contribution in [0.5, 0.6) is 5.75 Å². The van der Waals surface area contributed by atoms with Crippen LogP contribution in [-0.2, 0) is 6.61 Å². The fourth-order valence-corrected chi connectivity index (χ4v) is 2.14. The number of carbonyl (C=O) groups excluding carboxylic acids is 1. The van der Waals surface area contributed by atoms with Gasteiger partial charge < -0.3 is 4.74 Å². The maximum Gasteiger partial charge on any atom is 0.150 e. The van der Waals surface area contributed by atoms with Crippen molar-refractivity contribution in [1.82, 2.24) is 0 Å². The third-order valence-electron chi connectivity index (χ3n) is 2.33. The molecule has 86 valence electrons. The van der Waals surface area contributed by atoms with Crippen molar-refractivity contribution in [2.45, 2.75) is 6.61 Å². The molecule has 0 aliphatic rings. The van der Waals surface area contributed by atoms with Crippen molar-refractivity contribution >= 4 is 28.9 Å². The van der Waals surface area contributed by atoms with Crippen LogP contribution in [-0.4, -0.2) is 6.29 Å². The summed E-state index contributed by atoms with van der Waals surface area (Å²) < 4.78 is 6.65. The number of hydrogen-bond acceptors (Lipinski definition) is 2. The van der Waals surface area contributed by atoms with Gasteiger partial charge in [-0.25, -0.2) is 0 Å². The van der Waals surface area contributed by atoms with Gasteiger partial charge in [0, 0.05) is 5.56 Å². The van der Waals surface area contributed by atoms with Gasteiger partial charge in [-0.05, 0) is 46.4 Å². The van der Waals surface area contributed by atoms with Crippen molar-refractivity contribution in [1.29, 1.82) is 0 Å². The second-order valence-electron chi connectivity index (χ2n) is 3.58. The second kappa shape index (κ2) is 5.82. The van der Waals surface area contributed by atoms with E-state index in [1.807, 2.05) is 42.5 Å². The van der Waals surface area contributed by atoms with Crippen LogP contribution < -0.4 is 4.74 Å². The first-order valence-corrected chi connectivity index (χ1v) is 6.29. The Morgan fingerprint density at radius 2 is 1.88 bits per heavy atom. The van der Waals surface area contributed by atoms with Gasteiger partial charge in [0.2, 0.25) is 0 Å². The van der Waals surface area contributed by atoms with Crippen LogP contribution in [0.2, 0.25) is 0 Å². The SMILES string of the molecule is O=Cc1ccc(OCc2ccccc2)c(I)c1. The van der Waals surface area contributed by atoms with Crippen molar-refractivity contribution in [3.05, 3.63) is 63.2 Å². The van der Waals surface area contributed by atoms with Gasteiger partial charge in [0.15, 0.2) is 0 Å². The van der Waals surface area contributed by atoms with E-state index in [0.29, 0.717) is 12.2 Å². The zero-order valence-electron chi connectivity index (χ0n) is 9.10. The summed E-state index contributed by atoms with van der Waals surface area (Å²) in [5, 5.41) is 0. The molecule has 0 saturated carbocycles. The van der Waals surface area contributed by atoms with Crippen molar-refractivity contribution in [3.63, 3.8) is 0 Å². The molecule has 0 amide bonds. The Balaban J connectivity index is 2.07. The fourth-order valence-electron chi connectivity index (χ4n) is 1.44. The molecule has 0 radical (unpaired) electrons. The molecule has 2 aromatic rings. The molecule has 2 aromatic carbocycles. The van der Waals surface area contributed by atoms with Gasteiger partial charge in [-0.1, -0.05) is 30.3 Å². The van der Waals surface area contributed by atoms with E-state index in [-0.39, 0.29) is 0 Å². The molecule has 0 N–H and O–H groups in total. The van der Waals surface area contributed by atoms with Crippen LogP contribution in [0.4, 0.5) is 0 Å². The predicted octanol–water partition coefficient (Wildman–Crippen LogP) is 3.68. The molecule has 0 unspecified atom stereocenters. The molecule has 0 fully saturated rings. The summed E-state index contributed by atoms with van der Waals surface area (Å²) in [6.45, 7) is 0.539. The maximum atomic E-state index is 10.6. The van der Waals surface area contributed by atoms with E-state index >= 15 is 0 Å². The Labute approximate surface area is 114 Å². The summed E-state index contributed by atoms with van der Waals surface area (Å²) in [5.74, 6) is 0.806. The zero-order chi connectivity index (χ0) is 12.1. The first kappa shape index (κ1) is 12.1. The maximum absolute atomic E-state index is 10.6. The van der Waals surface area contributed by atoms with E-state index in [1.165, 1.54) is 0 Å². The summed E-state index contributed by atoms with van der Waals surface area (Å²) in [4.78, 5) is 10.6. The quantitative estimate of drug-likeness (QED) is 0.628. The van der Waals surface area contributed by atoms with Crippen LogP contribution in [0, 0.1) is 3.57 Å². The van der Waals surface area contributed by atoms with Gasteiger partial charge in [0.25, 0.3) is 0 Å². The molecule has 0 aromatic heterocycles. The topological polar surface area (TPSA) is 26.3 Å². The van der Waals surface area contributed by atoms with E-state index in [2.05, 4.69) is 22.6 Å². The zero-order valence-corrected chi connectivity index (χ0v) is 11.3. The highest BCUT2D eigenvalue weighted by atomic mass is 127. The Bertz CT molecular complexity index is 509. The van der Waals surface area contributed by atoms with Crippen LogP contribution >= 0.6 is 22.6 Å². The molecule has 3 heteroatoms. The first-order chi connectivity index (χ1) is 8.29. The van der Waals surface area contributed by atoms with Gasteiger partial charge in [0.1, 0.15) is 18.6 Å². The highest BCUT2D eigenvalue weighted by molar-refractivity contribution is 14.1. The minimum Gasteiger partial charge on any atom is -0.488 e. The number of carbonyl (C=O) groups is 1. The second-order valence-corrected chi connectivity index (χ2v) is 4.74. The molecule has 0 bridgehead atoms. The fraction of sp³-hybridized carbons (Fsp3) is 0.0714. The molecule has 0 aliphatic carbocycles. The number of hydrogen-bond donors (Lipinski definition) is 0. The molecule has 0 aliphatic heterocycles. The summed E-state index contributed by atoms with van der Waals surface area (Å²) in [7, 11) is 0. The standard InChI is InChI=1S/C14H11IO2/c15-13-8-12(9-16)6-7-14(13)17-10-11-4-2-1-3-5-11/h1-9H,10H2. The highest BCUT2D eigenvalue weighted by Crippen LogP contribution is 2.22. The molecule has 0 atom stereocenters. The van der Waals surface area contributed by atoms with Crippen molar-refractivity contribution in [3.8, 4) is 5.75 Å². The van der Waals surface area contributed by atoms with E-state index in [4.69, 9.17) is 4.74 Å². The molecule has 0 saturated heterocycles. The average molecular weight is 338 g/mol. The van der Waals surface area contributed by atoms with Crippen molar-refractivity contribution in [2.24, 2.45) is 0 Å². The lowest BCUT2D eigenvalue weighted by Gasteiger charge is -2.08. The van der Waals surface area contributed by atoms with Crippen molar-refractivity contribution < 1.29 is 9.53 Å². The van der Waals surface area contributed by atoms with E-state index in [1.54, 1.807) is 6.07 Å². The predicted molar refractivity (Wildman–Crippen MR) is 75.3 cm³/mol. The number of ether oxygens (including phenoxy) is 1. The van der Waals surface area contributed by atoms with Crippen molar-refractivity contribution in [2.75, 3.05) is 0 Å². The highest BCUT2D eigenvalue weighted by Gasteiger charge is 2.02. The van der Waals surface area contributed by atoms with Crippen LogP contribution in [0.3, 0.4) is 0 Å². The first-order valence-electron chi connectivity index (χ1n) is 5.21. The number of halogens is 1. The van der Waals surface area contributed by atoms with Gasteiger partial charge in [0.05, 0.1) is 3.57 Å². The van der Waals surface area contributed by atoms with E-state index < -0.39 is 0 Å². The third kappa shape index (κ3) is 3.30. The summed E-state index contributed by atoms with van der Waals surface area (Å²) in [5.41, 5.74) is 1.80. The lowest BCUT2D eigenvalue weighted by molar-refractivity contribution is 0.112. The lowest BCUT2D eigenvalue weighted by Crippen LogP contribution is -1.97. The number of benzene rings is 2. The Morgan fingerprint density at radius 1 is 1.12 bits per heavy atom. The summed E-state index contributed by atoms with van der Waals surface area (Å²) in [6, 6.07) is 15.4. The molecule has 2 rings (SSSR count). The average Bonchev–Trinajstić information content (AvgIpc) is 2.38. The molecular weight excluding hydrogens is 327 g/mol. The minimum atomic E-state index is 0.539. The van der Waals surface area contributed by atoms with Gasteiger partial charge in [-0.15, -0.1) is 0 Å². The monoisotopic (exact) mass is 338 g/mol. The van der Waals surface area contributed by atoms with Gasteiger partial charge in [-0.2, -0.15) is 0 Å². The molecule has 0 spiro atoms. The number of rotatable bonds is 4. The minimum absolute atomic E-state index is 0.539. The molecule has 0 heterocycles. The Hall–Kier alpha value is -1.36. The third-order valence-corrected chi connectivity index (χ3v) is 3.17. The van der Waals surface area contributed by atoms with Gasteiger partial charge >= 0.3 is 0 Å². The van der Waals surface area contributed by atoms with Gasteiger partial charge in [-0.3, -0.25) is 4.79 Å². The van der Waals surface area contributed by atoms with E-state index in [9.17, 15) is 4.79 Å².